The number of carbonyl (C=O) groups excluding carboxylic acids is 2. The molecular weight excluding hydrogens is 326 g/mol. The average Bonchev–Trinajstić information content (AvgIpc) is 2.51. The maximum Gasteiger partial charge on any atom is 0.275 e. The summed E-state index contributed by atoms with van der Waals surface area (Å²) in [6.07, 6.45) is 0. The summed E-state index contributed by atoms with van der Waals surface area (Å²) in [7, 11) is 1.85. The molecule has 2 amide bonds. The van der Waals surface area contributed by atoms with E-state index < -0.39 is 0 Å². The smallest absolute Gasteiger partial charge is 0.275 e. The number of nitrogens with one attached hydrogen (secondary N) is 3. The van der Waals surface area contributed by atoms with Gasteiger partial charge in [-0.05, 0) is 50.1 Å². The summed E-state index contributed by atoms with van der Waals surface area (Å²) in [5.74, 6) is -0.114. The second-order valence-corrected chi connectivity index (χ2v) is 8.00. The minimum Gasteiger partial charge on any atom is -0.347 e. The molecule has 2 aromatic carbocycles. The fourth-order valence-corrected chi connectivity index (χ4v) is 2.93. The predicted molar refractivity (Wildman–Crippen MR) is 105 cm³/mol. The molecule has 0 radical (unpaired) electrons. The highest BCUT2D eigenvalue weighted by atomic mass is 16.2. The molecule has 0 fully saturated rings. The van der Waals surface area contributed by atoms with E-state index in [1.807, 2.05) is 52.9 Å². The first kappa shape index (κ1) is 19.9. The van der Waals surface area contributed by atoms with E-state index in [-0.39, 0.29) is 36.5 Å². The van der Waals surface area contributed by atoms with E-state index in [0.717, 1.165) is 15.8 Å². The van der Waals surface area contributed by atoms with Crippen LogP contribution in [0.4, 0.5) is 0 Å². The Morgan fingerprint density at radius 3 is 2.27 bits per heavy atom. The third kappa shape index (κ3) is 6.15. The zero-order valence-corrected chi connectivity index (χ0v) is 16.3. The first-order valence-electron chi connectivity index (χ1n) is 9.04. The number of hydrogen-bond acceptors (Lipinski definition) is 2. The van der Waals surface area contributed by atoms with Crippen molar-refractivity contribution in [1.82, 2.24) is 10.6 Å². The lowest BCUT2D eigenvalue weighted by atomic mass is 10.0. The molecule has 5 heteroatoms. The second-order valence-electron chi connectivity index (χ2n) is 8.00. The largest absolute Gasteiger partial charge is 0.347 e. The van der Waals surface area contributed by atoms with Gasteiger partial charge in [0, 0.05) is 5.54 Å². The number of quaternary nitrogens is 1. The summed E-state index contributed by atoms with van der Waals surface area (Å²) < 4.78 is 0. The Labute approximate surface area is 155 Å². The van der Waals surface area contributed by atoms with Crippen molar-refractivity contribution in [3.05, 3.63) is 48.0 Å². The van der Waals surface area contributed by atoms with E-state index in [1.165, 1.54) is 5.39 Å². The molecule has 26 heavy (non-hydrogen) atoms. The van der Waals surface area contributed by atoms with Crippen molar-refractivity contribution in [3.63, 3.8) is 0 Å². The van der Waals surface area contributed by atoms with Gasteiger partial charge in [0.1, 0.15) is 0 Å². The van der Waals surface area contributed by atoms with Crippen molar-refractivity contribution in [2.45, 2.75) is 39.3 Å². The van der Waals surface area contributed by atoms with Crippen LogP contribution in [0.3, 0.4) is 0 Å². The zero-order valence-electron chi connectivity index (χ0n) is 16.3. The number of likely N-dealkylation sites (N-methyl/N-ethyl adjacent to an activating group) is 1. The Hall–Kier alpha value is -2.40. The first-order valence-corrected chi connectivity index (χ1v) is 9.04. The normalized spacial score (nSPS) is 13.9. The molecule has 1 unspecified atom stereocenters. The molecule has 2 atom stereocenters. The van der Waals surface area contributed by atoms with Crippen molar-refractivity contribution in [2.24, 2.45) is 0 Å². The fourth-order valence-electron chi connectivity index (χ4n) is 2.93. The Kier molecular flexibility index (Phi) is 6.37. The summed E-state index contributed by atoms with van der Waals surface area (Å²) in [5.41, 5.74) is 0.810. The Morgan fingerprint density at radius 2 is 1.62 bits per heavy atom. The van der Waals surface area contributed by atoms with E-state index in [2.05, 4.69) is 34.9 Å². The molecule has 5 nitrogen and oxygen atoms in total. The Balaban J connectivity index is 1.88. The van der Waals surface area contributed by atoms with Crippen LogP contribution in [-0.4, -0.2) is 37.5 Å². The van der Waals surface area contributed by atoms with Gasteiger partial charge in [0.25, 0.3) is 11.8 Å². The number of carbonyl (C=O) groups is 2. The van der Waals surface area contributed by atoms with Crippen LogP contribution in [0.2, 0.25) is 0 Å². The quantitative estimate of drug-likeness (QED) is 0.734. The van der Waals surface area contributed by atoms with Gasteiger partial charge in [-0.1, -0.05) is 36.4 Å². The molecule has 3 N–H and O–H groups in total. The highest BCUT2D eigenvalue weighted by Crippen LogP contribution is 2.20. The fraction of sp³-hybridized carbons (Fsp3) is 0.429. The highest BCUT2D eigenvalue weighted by molar-refractivity contribution is 5.83. The van der Waals surface area contributed by atoms with E-state index in [0.29, 0.717) is 0 Å². The number of fused-ring (bicyclic) bond motifs is 1. The Morgan fingerprint density at radius 1 is 1.00 bits per heavy atom. The van der Waals surface area contributed by atoms with Crippen LogP contribution >= 0.6 is 0 Å². The van der Waals surface area contributed by atoms with Gasteiger partial charge in [-0.25, -0.2) is 0 Å². The summed E-state index contributed by atoms with van der Waals surface area (Å²) in [6.45, 7) is 8.34. The van der Waals surface area contributed by atoms with Crippen molar-refractivity contribution >= 4 is 22.6 Å². The Bertz CT molecular complexity index is 780. The van der Waals surface area contributed by atoms with E-state index in [1.54, 1.807) is 0 Å². The first-order chi connectivity index (χ1) is 12.1. The lowest BCUT2D eigenvalue weighted by Crippen LogP contribution is -3.11. The molecule has 2 rings (SSSR count). The summed E-state index contributed by atoms with van der Waals surface area (Å²) in [4.78, 5) is 25.1. The van der Waals surface area contributed by atoms with Gasteiger partial charge in [0.05, 0.1) is 13.1 Å². The molecule has 0 spiro atoms. The van der Waals surface area contributed by atoms with Crippen molar-refractivity contribution in [2.75, 3.05) is 20.1 Å². The molecule has 0 saturated carbocycles. The SMILES string of the molecule is C[C@H](NC(=O)C[NH+](C)CC(=O)NC(C)(C)C)c1ccc2ccccc2c1. The minimum atomic E-state index is -0.260. The highest BCUT2D eigenvalue weighted by Gasteiger charge is 2.19. The lowest BCUT2D eigenvalue weighted by molar-refractivity contribution is -0.862. The van der Waals surface area contributed by atoms with E-state index in [4.69, 9.17) is 0 Å². The third-order valence-electron chi connectivity index (χ3n) is 4.09. The molecule has 0 saturated heterocycles. The van der Waals surface area contributed by atoms with Crippen LogP contribution in [0.15, 0.2) is 42.5 Å². The molecular formula is C21H30N3O2+. The summed E-state index contributed by atoms with van der Waals surface area (Å²) >= 11 is 0. The van der Waals surface area contributed by atoms with Gasteiger partial charge in [-0.3, -0.25) is 9.59 Å². The number of rotatable bonds is 6. The van der Waals surface area contributed by atoms with Gasteiger partial charge in [0.15, 0.2) is 13.1 Å². The van der Waals surface area contributed by atoms with Crippen LogP contribution in [0.25, 0.3) is 10.8 Å². The zero-order chi connectivity index (χ0) is 19.3. The molecule has 0 heterocycles. The molecule has 0 bridgehead atoms. The lowest BCUT2D eigenvalue weighted by Gasteiger charge is -2.22. The van der Waals surface area contributed by atoms with Gasteiger partial charge in [-0.15, -0.1) is 0 Å². The summed E-state index contributed by atoms with van der Waals surface area (Å²) in [5, 5.41) is 8.28. The maximum atomic E-state index is 12.3. The van der Waals surface area contributed by atoms with Crippen LogP contribution in [0, 0.1) is 0 Å². The van der Waals surface area contributed by atoms with Gasteiger partial charge in [0.2, 0.25) is 0 Å². The van der Waals surface area contributed by atoms with E-state index >= 15 is 0 Å². The third-order valence-corrected chi connectivity index (χ3v) is 4.09. The molecule has 140 valence electrons. The summed E-state index contributed by atoms with van der Waals surface area (Å²) in [6, 6.07) is 14.3. The molecule has 0 aliphatic rings. The second kappa shape index (κ2) is 8.32. The van der Waals surface area contributed by atoms with Crippen LogP contribution in [0.5, 0.6) is 0 Å². The molecule has 0 aliphatic carbocycles. The van der Waals surface area contributed by atoms with Crippen LogP contribution < -0.4 is 15.5 Å². The minimum absolute atomic E-state index is 0.0506. The predicted octanol–water partition coefficient (Wildman–Crippen LogP) is 1.45. The molecule has 0 aromatic heterocycles. The van der Waals surface area contributed by atoms with Crippen LogP contribution in [0.1, 0.15) is 39.3 Å². The topological polar surface area (TPSA) is 62.6 Å². The monoisotopic (exact) mass is 356 g/mol. The van der Waals surface area contributed by atoms with Crippen molar-refractivity contribution in [3.8, 4) is 0 Å². The van der Waals surface area contributed by atoms with Gasteiger partial charge < -0.3 is 15.5 Å². The maximum absolute atomic E-state index is 12.3. The van der Waals surface area contributed by atoms with Crippen LogP contribution in [-0.2, 0) is 9.59 Å². The standard InChI is InChI=1S/C21H29N3O2/c1-15(17-11-10-16-8-6-7-9-18(16)12-17)22-19(25)13-24(5)14-20(26)23-21(2,3)4/h6-12,15H,13-14H2,1-5H3,(H,22,25)(H,23,26)/p+1/t15-/m0/s1. The van der Waals surface area contributed by atoms with E-state index in [9.17, 15) is 9.59 Å². The van der Waals surface area contributed by atoms with Gasteiger partial charge >= 0.3 is 0 Å². The molecule has 2 aromatic rings. The number of hydrogen-bond donors (Lipinski definition) is 3. The number of amides is 2. The number of benzene rings is 2. The average molecular weight is 356 g/mol. The van der Waals surface area contributed by atoms with Crippen molar-refractivity contribution < 1.29 is 14.5 Å². The molecule has 0 aliphatic heterocycles. The van der Waals surface area contributed by atoms with Crippen molar-refractivity contribution in [1.29, 1.82) is 0 Å². The van der Waals surface area contributed by atoms with Gasteiger partial charge in [-0.2, -0.15) is 0 Å².